The Hall–Kier alpha value is -1.34. The quantitative estimate of drug-likeness (QED) is 0.591. The third kappa shape index (κ3) is 2.73. The Morgan fingerprint density at radius 3 is 2.39 bits per heavy atom. The zero-order valence-electron chi connectivity index (χ0n) is 10.1. The number of benzene rings is 1. The third-order valence-electron chi connectivity index (χ3n) is 3.28. The molecular formula is C14H16FNOS. The van der Waals surface area contributed by atoms with Crippen molar-refractivity contribution in [3.63, 3.8) is 0 Å². The standard InChI is InChI=1S/C14H16FNOS/c1-2-14(11-7-4-8-12-14)16-18(15,17)13-9-5-3-6-10-13/h1,3,5-6,9-10H,4,7-8,11-12H2. The summed E-state index contributed by atoms with van der Waals surface area (Å²) in [6, 6.07) is 8.01. The zero-order valence-corrected chi connectivity index (χ0v) is 11.0. The second-order valence-electron chi connectivity index (χ2n) is 4.60. The molecule has 1 aromatic rings. The van der Waals surface area contributed by atoms with E-state index in [1.54, 1.807) is 18.2 Å². The van der Waals surface area contributed by atoms with E-state index in [2.05, 4.69) is 10.3 Å². The SMILES string of the molecule is C#CC1(N=S(=O)(F)c2ccccc2)CCCCC1. The number of rotatable bonds is 2. The molecule has 1 aliphatic rings. The fraction of sp³-hybridized carbons (Fsp3) is 0.429. The van der Waals surface area contributed by atoms with Crippen molar-refractivity contribution in [3.05, 3.63) is 30.3 Å². The lowest BCUT2D eigenvalue weighted by atomic mass is 9.83. The Morgan fingerprint density at radius 2 is 1.83 bits per heavy atom. The van der Waals surface area contributed by atoms with Gasteiger partial charge in [0.25, 0.3) is 0 Å². The van der Waals surface area contributed by atoms with Crippen molar-refractivity contribution in [2.24, 2.45) is 4.36 Å². The minimum atomic E-state index is -3.90. The van der Waals surface area contributed by atoms with Crippen LogP contribution in [-0.2, 0) is 10.1 Å². The topological polar surface area (TPSA) is 29.4 Å². The van der Waals surface area contributed by atoms with Crippen LogP contribution < -0.4 is 0 Å². The van der Waals surface area contributed by atoms with E-state index in [0.717, 1.165) is 19.3 Å². The summed E-state index contributed by atoms with van der Waals surface area (Å²) in [7, 11) is -3.90. The van der Waals surface area contributed by atoms with Gasteiger partial charge in [-0.25, -0.2) is 4.21 Å². The fourth-order valence-electron chi connectivity index (χ4n) is 2.26. The molecule has 0 aliphatic heterocycles. The summed E-state index contributed by atoms with van der Waals surface area (Å²) in [4.78, 5) is 0.102. The summed E-state index contributed by atoms with van der Waals surface area (Å²) >= 11 is 0. The fourth-order valence-corrected chi connectivity index (χ4v) is 3.55. The second kappa shape index (κ2) is 5.11. The first-order valence-corrected chi connectivity index (χ1v) is 7.50. The highest BCUT2D eigenvalue weighted by Gasteiger charge is 2.32. The minimum absolute atomic E-state index is 0.102. The van der Waals surface area contributed by atoms with E-state index in [1.165, 1.54) is 12.1 Å². The van der Waals surface area contributed by atoms with Gasteiger partial charge in [0.2, 0.25) is 10.1 Å². The molecular weight excluding hydrogens is 249 g/mol. The first-order chi connectivity index (χ1) is 8.58. The predicted molar refractivity (Wildman–Crippen MR) is 71.0 cm³/mol. The summed E-state index contributed by atoms with van der Waals surface area (Å²) < 4.78 is 30.3. The van der Waals surface area contributed by atoms with Crippen LogP contribution in [0.2, 0.25) is 0 Å². The molecule has 0 aromatic heterocycles. The summed E-state index contributed by atoms with van der Waals surface area (Å²) in [5, 5.41) is 0. The van der Waals surface area contributed by atoms with Gasteiger partial charge in [0.15, 0.2) is 0 Å². The first kappa shape index (κ1) is 13.1. The van der Waals surface area contributed by atoms with Crippen LogP contribution in [-0.4, -0.2) is 9.75 Å². The van der Waals surface area contributed by atoms with Gasteiger partial charge >= 0.3 is 0 Å². The van der Waals surface area contributed by atoms with E-state index in [1.807, 2.05) is 0 Å². The highest BCUT2D eigenvalue weighted by atomic mass is 32.3. The van der Waals surface area contributed by atoms with Gasteiger partial charge in [-0.15, -0.1) is 10.3 Å². The Bertz CT molecular complexity index is 561. The molecule has 1 fully saturated rings. The molecule has 2 rings (SSSR count). The summed E-state index contributed by atoms with van der Waals surface area (Å²) in [5.74, 6) is 2.56. The summed E-state index contributed by atoms with van der Waals surface area (Å²) in [6.07, 6.45) is 9.64. The number of terminal acetylenes is 1. The lowest BCUT2D eigenvalue weighted by Gasteiger charge is -2.28. The predicted octanol–water partition coefficient (Wildman–Crippen LogP) is 3.73. The maximum atomic E-state index is 14.3. The van der Waals surface area contributed by atoms with Crippen molar-refractivity contribution >= 4 is 10.1 Å². The molecule has 0 saturated heterocycles. The Labute approximate surface area is 108 Å². The normalized spacial score (nSPS) is 21.6. The molecule has 96 valence electrons. The van der Waals surface area contributed by atoms with E-state index in [0.29, 0.717) is 12.8 Å². The van der Waals surface area contributed by atoms with Crippen molar-refractivity contribution in [2.45, 2.75) is 42.5 Å². The van der Waals surface area contributed by atoms with E-state index in [-0.39, 0.29) is 4.90 Å². The molecule has 2 nitrogen and oxygen atoms in total. The van der Waals surface area contributed by atoms with Crippen molar-refractivity contribution in [1.29, 1.82) is 0 Å². The second-order valence-corrected chi connectivity index (χ2v) is 6.17. The highest BCUT2D eigenvalue weighted by Crippen LogP contribution is 2.33. The van der Waals surface area contributed by atoms with Crippen LogP contribution in [0, 0.1) is 12.3 Å². The first-order valence-electron chi connectivity index (χ1n) is 6.09. The number of hydrogen-bond acceptors (Lipinski definition) is 2. The Kier molecular flexibility index (Phi) is 3.72. The van der Waals surface area contributed by atoms with Gasteiger partial charge in [-0.05, 0) is 25.0 Å². The van der Waals surface area contributed by atoms with E-state index in [9.17, 15) is 8.09 Å². The Balaban J connectivity index is 2.43. The van der Waals surface area contributed by atoms with Gasteiger partial charge < -0.3 is 0 Å². The van der Waals surface area contributed by atoms with E-state index >= 15 is 0 Å². The molecule has 0 spiro atoms. The minimum Gasteiger partial charge on any atom is -0.211 e. The van der Waals surface area contributed by atoms with Gasteiger partial charge in [0.05, 0.1) is 4.90 Å². The molecule has 0 amide bonds. The van der Waals surface area contributed by atoms with Crippen LogP contribution in [0.5, 0.6) is 0 Å². The van der Waals surface area contributed by atoms with Gasteiger partial charge in [-0.3, -0.25) is 0 Å². The van der Waals surface area contributed by atoms with Crippen LogP contribution in [0.4, 0.5) is 3.89 Å². The number of halogens is 1. The van der Waals surface area contributed by atoms with Crippen LogP contribution >= 0.6 is 0 Å². The largest absolute Gasteiger partial charge is 0.232 e. The molecule has 4 heteroatoms. The molecule has 1 unspecified atom stereocenters. The monoisotopic (exact) mass is 265 g/mol. The molecule has 1 saturated carbocycles. The smallest absolute Gasteiger partial charge is 0.211 e. The van der Waals surface area contributed by atoms with Crippen LogP contribution in [0.3, 0.4) is 0 Å². The van der Waals surface area contributed by atoms with Gasteiger partial charge in [-0.1, -0.05) is 43.4 Å². The van der Waals surface area contributed by atoms with Gasteiger partial charge in [0, 0.05) is 0 Å². The maximum absolute atomic E-state index is 14.3. The van der Waals surface area contributed by atoms with Crippen molar-refractivity contribution in [1.82, 2.24) is 0 Å². The third-order valence-corrected chi connectivity index (χ3v) is 4.71. The summed E-state index contributed by atoms with van der Waals surface area (Å²) in [6.45, 7) is 0. The molecule has 0 radical (unpaired) electrons. The van der Waals surface area contributed by atoms with Gasteiger partial charge in [0.1, 0.15) is 5.54 Å². The molecule has 18 heavy (non-hydrogen) atoms. The average molecular weight is 265 g/mol. The molecule has 1 aliphatic carbocycles. The van der Waals surface area contributed by atoms with Gasteiger partial charge in [-0.2, -0.15) is 4.36 Å². The molecule has 0 bridgehead atoms. The van der Waals surface area contributed by atoms with Crippen molar-refractivity contribution < 1.29 is 8.09 Å². The lowest BCUT2D eigenvalue weighted by molar-refractivity contribution is 0.373. The molecule has 0 N–H and O–H groups in total. The molecule has 1 atom stereocenters. The maximum Gasteiger partial charge on any atom is 0.232 e. The van der Waals surface area contributed by atoms with Crippen molar-refractivity contribution in [3.8, 4) is 12.3 Å². The van der Waals surface area contributed by atoms with Crippen molar-refractivity contribution in [2.75, 3.05) is 0 Å². The zero-order chi connectivity index (χ0) is 13.1. The van der Waals surface area contributed by atoms with Crippen LogP contribution in [0.25, 0.3) is 0 Å². The lowest BCUT2D eigenvalue weighted by Crippen LogP contribution is -2.28. The molecule has 0 heterocycles. The molecule has 1 aromatic carbocycles. The van der Waals surface area contributed by atoms with Crippen LogP contribution in [0.15, 0.2) is 39.6 Å². The van der Waals surface area contributed by atoms with E-state index < -0.39 is 15.7 Å². The number of nitrogens with zero attached hydrogens (tertiary/aromatic N) is 1. The highest BCUT2D eigenvalue weighted by molar-refractivity contribution is 7.88. The Morgan fingerprint density at radius 1 is 1.22 bits per heavy atom. The van der Waals surface area contributed by atoms with Crippen LogP contribution in [0.1, 0.15) is 32.1 Å². The van der Waals surface area contributed by atoms with E-state index in [4.69, 9.17) is 6.42 Å². The summed E-state index contributed by atoms with van der Waals surface area (Å²) in [5.41, 5.74) is -0.889. The average Bonchev–Trinajstić information content (AvgIpc) is 2.40. The number of hydrogen-bond donors (Lipinski definition) is 0.